The number of benzene rings is 1. The van der Waals surface area contributed by atoms with E-state index in [4.69, 9.17) is 9.47 Å². The zero-order valence-corrected chi connectivity index (χ0v) is 11.4. The third-order valence-electron chi connectivity index (χ3n) is 3.10. The van der Waals surface area contributed by atoms with Crippen LogP contribution in [0.15, 0.2) is 18.2 Å². The summed E-state index contributed by atoms with van der Waals surface area (Å²) in [5.74, 6) is -2.13. The van der Waals surface area contributed by atoms with Crippen LogP contribution in [0.2, 0.25) is 0 Å². The molecule has 114 valence electrons. The van der Waals surface area contributed by atoms with Crippen molar-refractivity contribution in [2.75, 3.05) is 6.61 Å². The van der Waals surface area contributed by atoms with Crippen LogP contribution in [0.1, 0.15) is 25.3 Å². The van der Waals surface area contributed by atoms with Gasteiger partial charge in [0.1, 0.15) is 23.8 Å². The predicted octanol–water partition coefficient (Wildman–Crippen LogP) is 2.71. The van der Waals surface area contributed by atoms with Crippen molar-refractivity contribution in [3.05, 3.63) is 35.4 Å². The Hall–Kier alpha value is -2.18. The number of carbonyl (C=O) groups is 2. The van der Waals surface area contributed by atoms with Crippen LogP contribution in [0.3, 0.4) is 0 Å². The Bertz CT molecular complexity index is 560. The van der Waals surface area contributed by atoms with Crippen LogP contribution in [0, 0.1) is 11.6 Å². The maximum absolute atomic E-state index is 13.4. The molecule has 0 saturated carbocycles. The second kappa shape index (κ2) is 6.07. The van der Waals surface area contributed by atoms with Gasteiger partial charge in [-0.05, 0) is 19.1 Å². The van der Waals surface area contributed by atoms with Crippen LogP contribution in [0.5, 0.6) is 0 Å². The number of ether oxygens (including phenoxy) is 3. The Morgan fingerprint density at radius 3 is 2.86 bits per heavy atom. The van der Waals surface area contributed by atoms with Crippen molar-refractivity contribution < 1.29 is 32.6 Å². The summed E-state index contributed by atoms with van der Waals surface area (Å²) in [7, 11) is 0. The molecule has 1 saturated heterocycles. The van der Waals surface area contributed by atoms with E-state index >= 15 is 0 Å². The molecular weight excluding hydrogens is 286 g/mol. The van der Waals surface area contributed by atoms with Crippen LogP contribution in [0.4, 0.5) is 13.6 Å². The van der Waals surface area contributed by atoms with Gasteiger partial charge in [-0.15, -0.1) is 0 Å². The summed E-state index contributed by atoms with van der Waals surface area (Å²) in [4.78, 5) is 22.8. The van der Waals surface area contributed by atoms with E-state index in [2.05, 4.69) is 4.74 Å². The molecule has 5 nitrogen and oxygen atoms in total. The van der Waals surface area contributed by atoms with Crippen molar-refractivity contribution in [1.82, 2.24) is 0 Å². The number of rotatable bonds is 4. The summed E-state index contributed by atoms with van der Waals surface area (Å²) in [6, 6.07) is 2.99. The second-order valence-electron chi connectivity index (χ2n) is 4.97. The first-order valence-electron chi connectivity index (χ1n) is 6.33. The highest BCUT2D eigenvalue weighted by Gasteiger charge is 2.36. The first-order chi connectivity index (χ1) is 9.88. The fraction of sp³-hybridized carbons (Fsp3) is 0.429. The van der Waals surface area contributed by atoms with E-state index in [0.717, 1.165) is 6.07 Å². The molecule has 0 aliphatic carbocycles. The SMILES string of the molecule is CC1(CC(=O)OCc2ccc(F)cc2F)CCOC(=O)O1. The van der Waals surface area contributed by atoms with Gasteiger partial charge in [0.2, 0.25) is 0 Å². The Labute approximate surface area is 119 Å². The molecule has 7 heteroatoms. The Morgan fingerprint density at radius 1 is 1.43 bits per heavy atom. The standard InChI is InChI=1S/C14H14F2O5/c1-14(4-5-19-13(18)21-14)7-12(17)20-8-9-2-3-10(15)6-11(9)16/h2-3,6H,4-5,7-8H2,1H3. The largest absolute Gasteiger partial charge is 0.508 e. The molecule has 1 aliphatic heterocycles. The summed E-state index contributed by atoms with van der Waals surface area (Å²) in [6.07, 6.45) is -0.634. The molecule has 1 heterocycles. The number of carbonyl (C=O) groups excluding carboxylic acids is 2. The topological polar surface area (TPSA) is 61.8 Å². The summed E-state index contributed by atoms with van der Waals surface area (Å²) in [5, 5.41) is 0. The van der Waals surface area contributed by atoms with Gasteiger partial charge in [-0.3, -0.25) is 4.79 Å². The average Bonchev–Trinajstić information content (AvgIpc) is 2.36. The average molecular weight is 300 g/mol. The molecule has 1 aromatic carbocycles. The molecule has 2 rings (SSSR count). The number of esters is 1. The lowest BCUT2D eigenvalue weighted by Gasteiger charge is -2.31. The molecule has 0 bridgehead atoms. The Kier molecular flexibility index (Phi) is 4.40. The molecule has 1 aromatic rings. The van der Waals surface area contributed by atoms with E-state index in [0.29, 0.717) is 12.5 Å². The van der Waals surface area contributed by atoms with Crippen LogP contribution in [-0.2, 0) is 25.6 Å². The molecule has 0 amide bonds. The smallest absolute Gasteiger partial charge is 0.461 e. The molecule has 1 fully saturated rings. The van der Waals surface area contributed by atoms with Gasteiger partial charge in [-0.2, -0.15) is 0 Å². The highest BCUT2D eigenvalue weighted by atomic mass is 19.1. The fourth-order valence-electron chi connectivity index (χ4n) is 1.91. The van der Waals surface area contributed by atoms with Gasteiger partial charge in [0.05, 0.1) is 13.0 Å². The third kappa shape index (κ3) is 4.14. The highest BCUT2D eigenvalue weighted by Crippen LogP contribution is 2.25. The molecule has 0 N–H and O–H groups in total. The molecule has 21 heavy (non-hydrogen) atoms. The van der Waals surface area contributed by atoms with Crippen LogP contribution >= 0.6 is 0 Å². The minimum atomic E-state index is -0.992. The van der Waals surface area contributed by atoms with Crippen LogP contribution in [0.25, 0.3) is 0 Å². The maximum Gasteiger partial charge on any atom is 0.508 e. The summed E-state index contributed by atoms with van der Waals surface area (Å²) in [6.45, 7) is 1.44. The Morgan fingerprint density at radius 2 is 2.19 bits per heavy atom. The highest BCUT2D eigenvalue weighted by molar-refractivity contribution is 5.72. The second-order valence-corrected chi connectivity index (χ2v) is 4.97. The van der Waals surface area contributed by atoms with Gasteiger partial charge in [0.15, 0.2) is 0 Å². The monoisotopic (exact) mass is 300 g/mol. The minimum Gasteiger partial charge on any atom is -0.461 e. The number of hydrogen-bond acceptors (Lipinski definition) is 5. The zero-order chi connectivity index (χ0) is 15.5. The molecular formula is C14H14F2O5. The first kappa shape index (κ1) is 15.2. The predicted molar refractivity (Wildman–Crippen MR) is 66.2 cm³/mol. The number of cyclic esters (lactones) is 2. The quantitative estimate of drug-likeness (QED) is 0.800. The minimum absolute atomic E-state index is 0.0684. The summed E-state index contributed by atoms with van der Waals surface area (Å²) >= 11 is 0. The van der Waals surface area contributed by atoms with E-state index in [-0.39, 0.29) is 25.2 Å². The van der Waals surface area contributed by atoms with Crippen molar-refractivity contribution in [2.24, 2.45) is 0 Å². The van der Waals surface area contributed by atoms with Gasteiger partial charge in [-0.1, -0.05) is 0 Å². The summed E-state index contributed by atoms with van der Waals surface area (Å²) < 4.78 is 40.6. The van der Waals surface area contributed by atoms with Gasteiger partial charge < -0.3 is 14.2 Å². The van der Waals surface area contributed by atoms with Gasteiger partial charge in [0, 0.05) is 18.1 Å². The number of halogens is 2. The van der Waals surface area contributed by atoms with Gasteiger partial charge in [0.25, 0.3) is 0 Å². The molecule has 0 aromatic heterocycles. The molecule has 1 unspecified atom stereocenters. The Balaban J connectivity index is 1.88. The molecule has 1 atom stereocenters. The molecule has 0 radical (unpaired) electrons. The normalized spacial score (nSPS) is 21.4. The van der Waals surface area contributed by atoms with Gasteiger partial charge >= 0.3 is 12.1 Å². The lowest BCUT2D eigenvalue weighted by molar-refractivity contribution is -0.154. The number of hydrogen-bond donors (Lipinski definition) is 0. The van der Waals surface area contributed by atoms with Crippen molar-refractivity contribution in [3.8, 4) is 0 Å². The molecule has 1 aliphatic rings. The lowest BCUT2D eigenvalue weighted by atomic mass is 9.98. The van der Waals surface area contributed by atoms with E-state index in [1.165, 1.54) is 6.07 Å². The van der Waals surface area contributed by atoms with Crippen LogP contribution < -0.4 is 0 Å². The fourth-order valence-corrected chi connectivity index (χ4v) is 1.91. The lowest BCUT2D eigenvalue weighted by Crippen LogP contribution is -2.40. The third-order valence-corrected chi connectivity index (χ3v) is 3.10. The van der Waals surface area contributed by atoms with E-state index in [1.54, 1.807) is 6.92 Å². The first-order valence-corrected chi connectivity index (χ1v) is 6.33. The van der Waals surface area contributed by atoms with Gasteiger partial charge in [-0.25, -0.2) is 13.6 Å². The van der Waals surface area contributed by atoms with Crippen molar-refractivity contribution in [1.29, 1.82) is 0 Å². The van der Waals surface area contributed by atoms with E-state index in [9.17, 15) is 18.4 Å². The van der Waals surface area contributed by atoms with E-state index < -0.39 is 29.4 Å². The van der Waals surface area contributed by atoms with Crippen molar-refractivity contribution in [2.45, 2.75) is 32.0 Å². The molecule has 0 spiro atoms. The van der Waals surface area contributed by atoms with Crippen molar-refractivity contribution in [3.63, 3.8) is 0 Å². The maximum atomic E-state index is 13.4. The van der Waals surface area contributed by atoms with Crippen molar-refractivity contribution >= 4 is 12.1 Å². The van der Waals surface area contributed by atoms with E-state index in [1.807, 2.05) is 0 Å². The van der Waals surface area contributed by atoms with Crippen LogP contribution in [-0.4, -0.2) is 24.3 Å². The zero-order valence-electron chi connectivity index (χ0n) is 11.4. The summed E-state index contributed by atoms with van der Waals surface area (Å²) in [5.41, 5.74) is -0.924.